The van der Waals surface area contributed by atoms with E-state index in [1.165, 1.54) is 0 Å². The zero-order valence-corrected chi connectivity index (χ0v) is 10.1. The van der Waals surface area contributed by atoms with Crippen LogP contribution in [0, 0.1) is 4.77 Å². The third-order valence-corrected chi connectivity index (χ3v) is 2.55. The molecule has 0 unspecified atom stereocenters. The molecule has 0 atom stereocenters. The zero-order valence-electron chi connectivity index (χ0n) is 9.28. The van der Waals surface area contributed by atoms with Gasteiger partial charge < -0.3 is 9.72 Å². The summed E-state index contributed by atoms with van der Waals surface area (Å²) in [6, 6.07) is 3.71. The van der Waals surface area contributed by atoms with Crippen molar-refractivity contribution >= 4 is 23.4 Å². The van der Waals surface area contributed by atoms with Gasteiger partial charge in [-0.3, -0.25) is 4.57 Å². The number of imidazole rings is 1. The van der Waals surface area contributed by atoms with Crippen molar-refractivity contribution in [1.82, 2.24) is 14.5 Å². The summed E-state index contributed by atoms with van der Waals surface area (Å²) in [7, 11) is 1.60. The molecule has 0 fully saturated rings. The molecule has 2 aromatic rings. The van der Waals surface area contributed by atoms with Crippen molar-refractivity contribution in [3.05, 3.63) is 29.1 Å². The molecule has 2 heterocycles. The maximum absolute atomic E-state index is 5.24. The van der Waals surface area contributed by atoms with Gasteiger partial charge in [-0.15, -0.1) is 0 Å². The van der Waals surface area contributed by atoms with Crippen LogP contribution in [-0.2, 0) is 6.54 Å². The average molecular weight is 235 g/mol. The number of ether oxygens (including phenoxy) is 1. The third kappa shape index (κ3) is 1.86. The van der Waals surface area contributed by atoms with Gasteiger partial charge in [0, 0.05) is 12.6 Å². The quantitative estimate of drug-likeness (QED) is 0.657. The molecule has 16 heavy (non-hydrogen) atoms. The van der Waals surface area contributed by atoms with E-state index < -0.39 is 0 Å². The molecule has 0 aliphatic carbocycles. The van der Waals surface area contributed by atoms with Gasteiger partial charge in [0.2, 0.25) is 5.88 Å². The lowest BCUT2D eigenvalue weighted by Gasteiger charge is -2.03. The number of nitrogens with one attached hydrogen (secondary N) is 1. The van der Waals surface area contributed by atoms with Crippen molar-refractivity contribution in [2.24, 2.45) is 0 Å². The Balaban J connectivity index is 2.65. The topological polar surface area (TPSA) is 42.8 Å². The van der Waals surface area contributed by atoms with Gasteiger partial charge in [0.25, 0.3) is 0 Å². The van der Waals surface area contributed by atoms with E-state index in [0.717, 1.165) is 16.7 Å². The Bertz CT molecular complexity index is 597. The number of pyridine rings is 1. The molecule has 0 aliphatic heterocycles. The fourth-order valence-corrected chi connectivity index (χ4v) is 1.80. The second kappa shape index (κ2) is 4.09. The highest BCUT2D eigenvalue weighted by Crippen LogP contribution is 2.17. The van der Waals surface area contributed by atoms with Gasteiger partial charge in [-0.05, 0) is 25.2 Å². The average Bonchev–Trinajstić information content (AvgIpc) is 2.54. The largest absolute Gasteiger partial charge is 0.481 e. The van der Waals surface area contributed by atoms with Crippen LogP contribution < -0.4 is 4.74 Å². The predicted molar refractivity (Wildman–Crippen MR) is 66.3 cm³/mol. The number of H-pyrrole nitrogens is 1. The van der Waals surface area contributed by atoms with Crippen LogP contribution in [0.3, 0.4) is 0 Å². The summed E-state index contributed by atoms with van der Waals surface area (Å²) in [5.41, 5.74) is 2.74. The Kier molecular flexibility index (Phi) is 2.78. The van der Waals surface area contributed by atoms with E-state index in [1.54, 1.807) is 13.2 Å². The van der Waals surface area contributed by atoms with Gasteiger partial charge >= 0.3 is 0 Å². The van der Waals surface area contributed by atoms with Crippen molar-refractivity contribution in [3.8, 4) is 5.88 Å². The summed E-state index contributed by atoms with van der Waals surface area (Å²) in [6.07, 6.45) is 0. The maximum Gasteiger partial charge on any atom is 0.215 e. The number of allylic oxidation sites excluding steroid dienone is 1. The number of fused-ring (bicyclic) bond motifs is 1. The van der Waals surface area contributed by atoms with E-state index in [9.17, 15) is 0 Å². The van der Waals surface area contributed by atoms with Crippen molar-refractivity contribution < 1.29 is 4.74 Å². The van der Waals surface area contributed by atoms with E-state index in [2.05, 4.69) is 16.5 Å². The third-order valence-electron chi connectivity index (χ3n) is 2.23. The molecular weight excluding hydrogens is 222 g/mol. The fraction of sp³-hybridized carbons (Fsp3) is 0.273. The van der Waals surface area contributed by atoms with Crippen LogP contribution >= 0.6 is 12.2 Å². The smallest absolute Gasteiger partial charge is 0.215 e. The molecule has 0 radical (unpaired) electrons. The molecule has 0 aliphatic rings. The van der Waals surface area contributed by atoms with Gasteiger partial charge in [0.05, 0.1) is 12.6 Å². The van der Waals surface area contributed by atoms with Crippen molar-refractivity contribution in [1.29, 1.82) is 0 Å². The van der Waals surface area contributed by atoms with E-state index in [1.807, 2.05) is 17.6 Å². The van der Waals surface area contributed by atoms with Gasteiger partial charge in [-0.25, -0.2) is 0 Å². The Morgan fingerprint density at radius 1 is 1.62 bits per heavy atom. The molecule has 5 heteroatoms. The fourth-order valence-electron chi connectivity index (χ4n) is 1.54. The Labute approximate surface area is 98.6 Å². The SMILES string of the molecule is C=C(C)Cn1c(=S)[nH]c2ccc(OC)nc21. The van der Waals surface area contributed by atoms with E-state index in [-0.39, 0.29) is 0 Å². The monoisotopic (exact) mass is 235 g/mol. The summed E-state index contributed by atoms with van der Waals surface area (Å²) in [4.78, 5) is 7.47. The van der Waals surface area contributed by atoms with Crippen molar-refractivity contribution in [2.75, 3.05) is 7.11 Å². The molecule has 0 spiro atoms. The number of hydrogen-bond acceptors (Lipinski definition) is 3. The lowest BCUT2D eigenvalue weighted by atomic mass is 10.3. The second-order valence-electron chi connectivity index (χ2n) is 3.70. The van der Waals surface area contributed by atoms with Crippen molar-refractivity contribution in [2.45, 2.75) is 13.5 Å². The molecular formula is C11H13N3OS. The first-order valence-corrected chi connectivity index (χ1v) is 5.30. The number of hydrogen-bond donors (Lipinski definition) is 1. The van der Waals surface area contributed by atoms with Gasteiger partial charge in [0.15, 0.2) is 10.4 Å². The molecule has 2 rings (SSSR count). The highest BCUT2D eigenvalue weighted by molar-refractivity contribution is 7.71. The zero-order chi connectivity index (χ0) is 11.7. The minimum Gasteiger partial charge on any atom is -0.481 e. The number of methoxy groups -OCH3 is 1. The van der Waals surface area contributed by atoms with Crippen LogP contribution in [0.4, 0.5) is 0 Å². The molecule has 0 bridgehead atoms. The van der Waals surface area contributed by atoms with Gasteiger partial charge in [-0.2, -0.15) is 4.98 Å². The molecule has 0 saturated carbocycles. The summed E-state index contributed by atoms with van der Waals surface area (Å²) in [5, 5.41) is 0. The summed E-state index contributed by atoms with van der Waals surface area (Å²) >= 11 is 5.24. The van der Waals surface area contributed by atoms with Crippen LogP contribution in [0.15, 0.2) is 24.3 Å². The van der Waals surface area contributed by atoms with E-state index in [4.69, 9.17) is 17.0 Å². The Morgan fingerprint density at radius 3 is 3.00 bits per heavy atom. The Morgan fingerprint density at radius 2 is 2.38 bits per heavy atom. The lowest BCUT2D eigenvalue weighted by Crippen LogP contribution is -2.00. The number of aromatic amines is 1. The Hall–Kier alpha value is -1.62. The van der Waals surface area contributed by atoms with Crippen LogP contribution in [-0.4, -0.2) is 21.6 Å². The molecule has 0 amide bonds. The second-order valence-corrected chi connectivity index (χ2v) is 4.08. The summed E-state index contributed by atoms with van der Waals surface area (Å²) < 4.78 is 7.66. The van der Waals surface area contributed by atoms with Crippen LogP contribution in [0.25, 0.3) is 11.2 Å². The van der Waals surface area contributed by atoms with Gasteiger partial charge in [-0.1, -0.05) is 12.2 Å². The minimum absolute atomic E-state index is 0.581. The van der Waals surface area contributed by atoms with E-state index in [0.29, 0.717) is 17.2 Å². The molecule has 0 aromatic carbocycles. The van der Waals surface area contributed by atoms with Crippen LogP contribution in [0.2, 0.25) is 0 Å². The lowest BCUT2D eigenvalue weighted by molar-refractivity contribution is 0.399. The molecule has 2 aromatic heterocycles. The predicted octanol–water partition coefficient (Wildman–Crippen LogP) is 2.68. The molecule has 4 nitrogen and oxygen atoms in total. The molecule has 0 saturated heterocycles. The first-order chi connectivity index (χ1) is 7.61. The number of rotatable bonds is 3. The first-order valence-electron chi connectivity index (χ1n) is 4.89. The summed E-state index contributed by atoms with van der Waals surface area (Å²) in [6.45, 7) is 6.51. The van der Waals surface area contributed by atoms with E-state index >= 15 is 0 Å². The van der Waals surface area contributed by atoms with Crippen molar-refractivity contribution in [3.63, 3.8) is 0 Å². The molecule has 84 valence electrons. The highest BCUT2D eigenvalue weighted by Gasteiger charge is 2.06. The minimum atomic E-state index is 0.581. The van der Waals surface area contributed by atoms with Crippen LogP contribution in [0.1, 0.15) is 6.92 Å². The standard InChI is InChI=1S/C11H13N3OS/c1-7(2)6-14-10-8(12-11(14)16)4-5-9(13-10)15-3/h4-5H,1,6H2,2-3H3,(H,12,16). The van der Waals surface area contributed by atoms with Gasteiger partial charge in [0.1, 0.15) is 0 Å². The normalized spacial score (nSPS) is 10.6. The summed E-state index contributed by atoms with van der Waals surface area (Å²) in [5.74, 6) is 0.581. The number of nitrogens with zero attached hydrogens (tertiary/aromatic N) is 2. The number of aromatic nitrogens is 3. The molecule has 1 N–H and O–H groups in total. The maximum atomic E-state index is 5.24. The first kappa shape index (κ1) is 10.9. The van der Waals surface area contributed by atoms with Crippen LogP contribution in [0.5, 0.6) is 5.88 Å². The highest BCUT2D eigenvalue weighted by atomic mass is 32.1.